The Morgan fingerprint density at radius 3 is 2.79 bits per heavy atom. The summed E-state index contributed by atoms with van der Waals surface area (Å²) < 4.78 is 3.45. The molecule has 0 spiro atoms. The van der Waals surface area contributed by atoms with E-state index in [1.165, 1.54) is 6.20 Å². The standard InChI is InChI=1S/C17H24N4O3/c1-3-13(4-2)21-15-14(7-12(9-19-15)16(22)23)20(17(21)24)10-11-5-6-18-8-11/h7,9,11,13,18H,3-6,8,10H2,1-2H3,(H,22,23)/t11-/m0/s1. The lowest BCUT2D eigenvalue weighted by molar-refractivity contribution is 0.0696. The summed E-state index contributed by atoms with van der Waals surface area (Å²) in [4.78, 5) is 28.6. The Morgan fingerprint density at radius 2 is 2.21 bits per heavy atom. The van der Waals surface area contributed by atoms with Crippen molar-refractivity contribution in [3.8, 4) is 0 Å². The number of carboxylic acids is 1. The van der Waals surface area contributed by atoms with E-state index in [0.717, 1.165) is 32.4 Å². The molecule has 0 bridgehead atoms. The van der Waals surface area contributed by atoms with Crippen LogP contribution in [0.4, 0.5) is 0 Å². The van der Waals surface area contributed by atoms with Gasteiger partial charge in [0, 0.05) is 18.8 Å². The summed E-state index contributed by atoms with van der Waals surface area (Å²) >= 11 is 0. The molecule has 130 valence electrons. The van der Waals surface area contributed by atoms with Crippen LogP contribution in [0.1, 0.15) is 49.5 Å². The van der Waals surface area contributed by atoms with E-state index < -0.39 is 5.97 Å². The van der Waals surface area contributed by atoms with E-state index in [1.54, 1.807) is 15.2 Å². The van der Waals surface area contributed by atoms with E-state index in [0.29, 0.717) is 23.6 Å². The van der Waals surface area contributed by atoms with Crippen LogP contribution in [-0.4, -0.2) is 38.3 Å². The molecule has 0 radical (unpaired) electrons. The van der Waals surface area contributed by atoms with Crippen molar-refractivity contribution in [3.05, 3.63) is 28.3 Å². The molecule has 1 saturated heterocycles. The molecular formula is C17H24N4O3. The number of nitrogens with one attached hydrogen (secondary N) is 1. The maximum Gasteiger partial charge on any atom is 0.337 e. The number of fused-ring (bicyclic) bond motifs is 1. The Labute approximate surface area is 140 Å². The second kappa shape index (κ2) is 6.76. The van der Waals surface area contributed by atoms with Crippen molar-refractivity contribution >= 4 is 17.1 Å². The van der Waals surface area contributed by atoms with E-state index >= 15 is 0 Å². The highest BCUT2D eigenvalue weighted by Gasteiger charge is 2.23. The minimum atomic E-state index is -1.03. The zero-order valence-electron chi connectivity index (χ0n) is 14.2. The van der Waals surface area contributed by atoms with Gasteiger partial charge in [-0.1, -0.05) is 13.8 Å². The third kappa shape index (κ3) is 2.84. The number of pyridine rings is 1. The zero-order valence-corrected chi connectivity index (χ0v) is 14.2. The Kier molecular flexibility index (Phi) is 4.71. The van der Waals surface area contributed by atoms with Crippen molar-refractivity contribution in [2.75, 3.05) is 13.1 Å². The number of carbonyl (C=O) groups is 1. The van der Waals surface area contributed by atoms with Gasteiger partial charge in [0.1, 0.15) is 0 Å². The van der Waals surface area contributed by atoms with Gasteiger partial charge in [0.05, 0.1) is 11.1 Å². The number of hydrogen-bond donors (Lipinski definition) is 2. The normalized spacial score (nSPS) is 17.9. The highest BCUT2D eigenvalue weighted by molar-refractivity contribution is 5.91. The van der Waals surface area contributed by atoms with Crippen LogP contribution in [0.5, 0.6) is 0 Å². The first-order valence-corrected chi connectivity index (χ1v) is 8.61. The van der Waals surface area contributed by atoms with Gasteiger partial charge in [0.15, 0.2) is 5.65 Å². The van der Waals surface area contributed by atoms with Crippen LogP contribution in [-0.2, 0) is 6.54 Å². The summed E-state index contributed by atoms with van der Waals surface area (Å²) in [6.07, 6.45) is 4.03. The Balaban J connectivity index is 2.18. The van der Waals surface area contributed by atoms with Crippen LogP contribution in [0.15, 0.2) is 17.1 Å². The number of nitrogens with zero attached hydrogens (tertiary/aromatic N) is 3. The lowest BCUT2D eigenvalue weighted by Gasteiger charge is -2.13. The zero-order chi connectivity index (χ0) is 17.3. The van der Waals surface area contributed by atoms with Crippen LogP contribution < -0.4 is 11.0 Å². The maximum atomic E-state index is 13.0. The second-order valence-electron chi connectivity index (χ2n) is 6.46. The van der Waals surface area contributed by atoms with E-state index in [2.05, 4.69) is 24.1 Å². The summed E-state index contributed by atoms with van der Waals surface area (Å²) in [6, 6.07) is 1.65. The van der Waals surface area contributed by atoms with E-state index in [1.807, 2.05) is 0 Å². The minimum Gasteiger partial charge on any atom is -0.478 e. The SMILES string of the molecule is CCC(CC)n1c(=O)n(C[C@H]2CCNC2)c2cc(C(=O)O)cnc21. The fourth-order valence-corrected chi connectivity index (χ4v) is 3.56. The van der Waals surface area contributed by atoms with Gasteiger partial charge in [0.25, 0.3) is 0 Å². The van der Waals surface area contributed by atoms with Crippen LogP contribution in [0.25, 0.3) is 11.2 Å². The second-order valence-corrected chi connectivity index (χ2v) is 6.46. The van der Waals surface area contributed by atoms with E-state index in [9.17, 15) is 14.7 Å². The smallest absolute Gasteiger partial charge is 0.337 e. The molecular weight excluding hydrogens is 308 g/mol. The van der Waals surface area contributed by atoms with Gasteiger partial charge < -0.3 is 10.4 Å². The Bertz CT molecular complexity index is 798. The monoisotopic (exact) mass is 332 g/mol. The van der Waals surface area contributed by atoms with E-state index in [4.69, 9.17) is 0 Å². The van der Waals surface area contributed by atoms with Crippen LogP contribution in [0.2, 0.25) is 0 Å². The molecule has 0 amide bonds. The summed E-state index contributed by atoms with van der Waals surface area (Å²) in [6.45, 7) is 6.55. The summed E-state index contributed by atoms with van der Waals surface area (Å²) in [5.74, 6) is -0.641. The largest absolute Gasteiger partial charge is 0.478 e. The molecule has 0 saturated carbocycles. The fraction of sp³-hybridized carbons (Fsp3) is 0.588. The van der Waals surface area contributed by atoms with Gasteiger partial charge in [-0.2, -0.15) is 0 Å². The highest BCUT2D eigenvalue weighted by Crippen LogP contribution is 2.22. The minimum absolute atomic E-state index is 0.0751. The van der Waals surface area contributed by atoms with Crippen molar-refractivity contribution in [1.82, 2.24) is 19.4 Å². The number of aromatic nitrogens is 3. The predicted octanol–water partition coefficient (Wildman–Crippen LogP) is 1.87. The predicted molar refractivity (Wildman–Crippen MR) is 91.5 cm³/mol. The van der Waals surface area contributed by atoms with Crippen molar-refractivity contribution in [1.29, 1.82) is 0 Å². The summed E-state index contributed by atoms with van der Waals surface area (Å²) in [5.41, 5.74) is 1.24. The van der Waals surface area contributed by atoms with Gasteiger partial charge >= 0.3 is 11.7 Å². The van der Waals surface area contributed by atoms with Crippen molar-refractivity contribution in [2.45, 2.75) is 45.7 Å². The molecule has 7 nitrogen and oxygen atoms in total. The Hall–Kier alpha value is -2.15. The van der Waals surface area contributed by atoms with Crippen LogP contribution in [0, 0.1) is 5.92 Å². The van der Waals surface area contributed by atoms with Crippen molar-refractivity contribution in [3.63, 3.8) is 0 Å². The molecule has 1 atom stereocenters. The van der Waals surface area contributed by atoms with Crippen LogP contribution in [0.3, 0.4) is 0 Å². The fourth-order valence-electron chi connectivity index (χ4n) is 3.56. The third-order valence-electron chi connectivity index (χ3n) is 4.96. The first-order valence-electron chi connectivity index (χ1n) is 8.61. The molecule has 0 unspecified atom stereocenters. The van der Waals surface area contributed by atoms with Gasteiger partial charge in [-0.3, -0.25) is 9.13 Å². The molecule has 3 heterocycles. The molecule has 0 aliphatic carbocycles. The molecule has 1 fully saturated rings. The lowest BCUT2D eigenvalue weighted by atomic mass is 10.1. The topological polar surface area (TPSA) is 89.2 Å². The number of hydrogen-bond acceptors (Lipinski definition) is 4. The molecule has 0 aromatic carbocycles. The lowest BCUT2D eigenvalue weighted by Crippen LogP contribution is -2.29. The number of aromatic carboxylic acids is 1. The number of imidazole rings is 1. The molecule has 2 aromatic rings. The van der Waals surface area contributed by atoms with Gasteiger partial charge in [-0.25, -0.2) is 14.6 Å². The van der Waals surface area contributed by atoms with E-state index in [-0.39, 0.29) is 17.3 Å². The molecule has 2 aromatic heterocycles. The quantitative estimate of drug-likeness (QED) is 0.843. The average Bonchev–Trinajstić information content (AvgIpc) is 3.18. The number of carboxylic acid groups (broad SMARTS) is 1. The molecule has 1 aliphatic rings. The summed E-state index contributed by atoms with van der Waals surface area (Å²) in [7, 11) is 0. The van der Waals surface area contributed by atoms with Crippen molar-refractivity contribution in [2.24, 2.45) is 5.92 Å². The average molecular weight is 332 g/mol. The van der Waals surface area contributed by atoms with Gasteiger partial charge in [-0.05, 0) is 44.3 Å². The third-order valence-corrected chi connectivity index (χ3v) is 4.96. The van der Waals surface area contributed by atoms with Crippen LogP contribution >= 0.6 is 0 Å². The maximum absolute atomic E-state index is 13.0. The number of rotatable bonds is 6. The highest BCUT2D eigenvalue weighted by atomic mass is 16.4. The van der Waals surface area contributed by atoms with Gasteiger partial charge in [0.2, 0.25) is 0 Å². The molecule has 1 aliphatic heterocycles. The van der Waals surface area contributed by atoms with Gasteiger partial charge in [-0.15, -0.1) is 0 Å². The molecule has 24 heavy (non-hydrogen) atoms. The first-order chi connectivity index (χ1) is 11.6. The molecule has 3 rings (SSSR count). The summed E-state index contributed by atoms with van der Waals surface area (Å²) in [5, 5.41) is 12.6. The first kappa shape index (κ1) is 16.7. The molecule has 7 heteroatoms. The molecule has 2 N–H and O–H groups in total. The Morgan fingerprint density at radius 1 is 1.46 bits per heavy atom. The van der Waals surface area contributed by atoms with Crippen molar-refractivity contribution < 1.29 is 9.90 Å².